The van der Waals surface area contributed by atoms with Crippen molar-refractivity contribution in [1.29, 1.82) is 0 Å². The Morgan fingerprint density at radius 3 is 2.75 bits per heavy atom. The van der Waals surface area contributed by atoms with Gasteiger partial charge in [0.15, 0.2) is 5.82 Å². The standard InChI is InChI=1S/C13H16N4O2S/c1-4-12-14-7-9(20-12)13(18)15-10-5-6-11(17-16-10)19-8(2)3/h5-8H,4H2,1-3H3,(H,15,16,18). The minimum absolute atomic E-state index is 0.0365. The normalized spacial score (nSPS) is 10.6. The lowest BCUT2D eigenvalue weighted by Gasteiger charge is -2.08. The first-order valence-electron chi connectivity index (χ1n) is 6.35. The second-order valence-electron chi connectivity index (χ2n) is 4.35. The van der Waals surface area contributed by atoms with E-state index in [2.05, 4.69) is 20.5 Å². The Morgan fingerprint density at radius 2 is 2.20 bits per heavy atom. The summed E-state index contributed by atoms with van der Waals surface area (Å²) in [6, 6.07) is 3.33. The molecule has 6 nitrogen and oxygen atoms in total. The molecule has 0 unspecified atom stereocenters. The molecular weight excluding hydrogens is 276 g/mol. The number of aromatic nitrogens is 3. The van der Waals surface area contributed by atoms with Crippen LogP contribution in [0.25, 0.3) is 0 Å². The third kappa shape index (κ3) is 3.74. The van der Waals surface area contributed by atoms with Crippen LogP contribution in [0.15, 0.2) is 18.3 Å². The van der Waals surface area contributed by atoms with Gasteiger partial charge in [-0.2, -0.15) is 0 Å². The van der Waals surface area contributed by atoms with E-state index in [9.17, 15) is 4.79 Å². The Kier molecular flexibility index (Phi) is 4.62. The van der Waals surface area contributed by atoms with E-state index in [1.165, 1.54) is 11.3 Å². The first-order valence-corrected chi connectivity index (χ1v) is 7.16. The van der Waals surface area contributed by atoms with Crippen LogP contribution < -0.4 is 10.1 Å². The van der Waals surface area contributed by atoms with Crippen molar-refractivity contribution in [3.8, 4) is 5.88 Å². The predicted octanol–water partition coefficient (Wildman–Crippen LogP) is 2.54. The minimum Gasteiger partial charge on any atom is -0.474 e. The molecule has 0 saturated carbocycles. The third-order valence-electron chi connectivity index (χ3n) is 2.32. The minimum atomic E-state index is -0.228. The summed E-state index contributed by atoms with van der Waals surface area (Å²) < 4.78 is 5.38. The number of amides is 1. The number of nitrogens with one attached hydrogen (secondary N) is 1. The van der Waals surface area contributed by atoms with Crippen LogP contribution in [0.3, 0.4) is 0 Å². The number of carbonyl (C=O) groups excluding carboxylic acids is 1. The first-order chi connectivity index (χ1) is 9.58. The van der Waals surface area contributed by atoms with Gasteiger partial charge >= 0.3 is 0 Å². The molecule has 2 rings (SSSR count). The van der Waals surface area contributed by atoms with Crippen LogP contribution in [0.2, 0.25) is 0 Å². The van der Waals surface area contributed by atoms with Crippen molar-refractivity contribution < 1.29 is 9.53 Å². The van der Waals surface area contributed by atoms with Crippen molar-refractivity contribution in [1.82, 2.24) is 15.2 Å². The maximum atomic E-state index is 12.0. The van der Waals surface area contributed by atoms with Gasteiger partial charge in [-0.1, -0.05) is 6.92 Å². The number of hydrogen-bond donors (Lipinski definition) is 1. The molecule has 2 aromatic rings. The Labute approximate surface area is 121 Å². The van der Waals surface area contributed by atoms with Crippen molar-refractivity contribution in [3.05, 3.63) is 28.2 Å². The van der Waals surface area contributed by atoms with Crippen molar-refractivity contribution in [3.63, 3.8) is 0 Å². The highest BCUT2D eigenvalue weighted by atomic mass is 32.1. The Morgan fingerprint density at radius 1 is 1.40 bits per heavy atom. The fraction of sp³-hybridized carbons (Fsp3) is 0.385. The van der Waals surface area contributed by atoms with E-state index in [4.69, 9.17) is 4.74 Å². The summed E-state index contributed by atoms with van der Waals surface area (Å²) in [4.78, 5) is 16.7. The average molecular weight is 292 g/mol. The summed E-state index contributed by atoms with van der Waals surface area (Å²) in [5, 5.41) is 11.4. The molecule has 0 radical (unpaired) electrons. The molecule has 0 fully saturated rings. The number of nitrogens with zero attached hydrogens (tertiary/aromatic N) is 3. The van der Waals surface area contributed by atoms with Gasteiger partial charge in [-0.05, 0) is 26.3 Å². The quantitative estimate of drug-likeness (QED) is 0.916. The summed E-state index contributed by atoms with van der Waals surface area (Å²) in [5.74, 6) is 0.593. The zero-order valence-corrected chi connectivity index (χ0v) is 12.4. The molecule has 0 aromatic carbocycles. The van der Waals surface area contributed by atoms with Gasteiger partial charge < -0.3 is 10.1 Å². The molecule has 0 aliphatic heterocycles. The molecule has 1 amide bonds. The van der Waals surface area contributed by atoms with Crippen LogP contribution in [-0.4, -0.2) is 27.2 Å². The molecule has 0 aliphatic carbocycles. The van der Waals surface area contributed by atoms with Crippen LogP contribution in [-0.2, 0) is 6.42 Å². The van der Waals surface area contributed by atoms with Crippen LogP contribution in [0.5, 0.6) is 5.88 Å². The van der Waals surface area contributed by atoms with Crippen molar-refractivity contribution in [2.24, 2.45) is 0 Å². The van der Waals surface area contributed by atoms with E-state index >= 15 is 0 Å². The Bertz CT molecular complexity index is 580. The van der Waals surface area contributed by atoms with Gasteiger partial charge in [0.05, 0.1) is 17.3 Å². The van der Waals surface area contributed by atoms with Crippen LogP contribution in [0.4, 0.5) is 5.82 Å². The van der Waals surface area contributed by atoms with Crippen LogP contribution >= 0.6 is 11.3 Å². The molecular formula is C13H16N4O2S. The number of aryl methyl sites for hydroxylation is 1. The highest BCUT2D eigenvalue weighted by Crippen LogP contribution is 2.16. The molecule has 2 aromatic heterocycles. The molecule has 1 N–H and O–H groups in total. The number of carbonyl (C=O) groups is 1. The lowest BCUT2D eigenvalue weighted by atomic mass is 10.4. The molecule has 106 valence electrons. The van der Waals surface area contributed by atoms with Gasteiger partial charge in [0, 0.05) is 6.07 Å². The summed E-state index contributed by atoms with van der Waals surface area (Å²) >= 11 is 1.38. The highest BCUT2D eigenvalue weighted by Gasteiger charge is 2.11. The zero-order valence-electron chi connectivity index (χ0n) is 11.6. The summed E-state index contributed by atoms with van der Waals surface area (Å²) in [6.07, 6.45) is 2.43. The summed E-state index contributed by atoms with van der Waals surface area (Å²) in [6.45, 7) is 5.82. The van der Waals surface area contributed by atoms with E-state index in [0.717, 1.165) is 11.4 Å². The monoisotopic (exact) mass is 292 g/mol. The molecule has 0 saturated heterocycles. The Balaban J connectivity index is 2.00. The van der Waals surface area contributed by atoms with E-state index < -0.39 is 0 Å². The van der Waals surface area contributed by atoms with Crippen molar-refractivity contribution >= 4 is 23.1 Å². The van der Waals surface area contributed by atoms with Crippen LogP contribution in [0.1, 0.15) is 35.5 Å². The van der Waals surface area contributed by atoms with Gasteiger partial charge in [0.1, 0.15) is 4.88 Å². The summed E-state index contributed by atoms with van der Waals surface area (Å²) in [7, 11) is 0. The maximum Gasteiger partial charge on any atom is 0.268 e. The molecule has 0 spiro atoms. The number of anilines is 1. The predicted molar refractivity (Wildman–Crippen MR) is 77.2 cm³/mol. The lowest BCUT2D eigenvalue weighted by Crippen LogP contribution is -2.13. The highest BCUT2D eigenvalue weighted by molar-refractivity contribution is 7.13. The Hall–Kier alpha value is -2.02. The SMILES string of the molecule is CCc1ncc(C(=O)Nc2ccc(OC(C)C)nn2)s1. The fourth-order valence-corrected chi connectivity index (χ4v) is 2.20. The van der Waals surface area contributed by atoms with E-state index in [1.807, 2.05) is 20.8 Å². The second kappa shape index (κ2) is 6.42. The number of thiazole rings is 1. The zero-order chi connectivity index (χ0) is 14.5. The van der Waals surface area contributed by atoms with E-state index in [1.54, 1.807) is 18.3 Å². The van der Waals surface area contributed by atoms with Gasteiger partial charge in [-0.25, -0.2) is 4.98 Å². The smallest absolute Gasteiger partial charge is 0.268 e. The number of hydrogen-bond acceptors (Lipinski definition) is 6. The maximum absolute atomic E-state index is 12.0. The number of ether oxygens (including phenoxy) is 1. The average Bonchev–Trinajstić information content (AvgIpc) is 2.89. The van der Waals surface area contributed by atoms with Gasteiger partial charge in [-0.15, -0.1) is 21.5 Å². The molecule has 0 atom stereocenters. The molecule has 0 bridgehead atoms. The third-order valence-corrected chi connectivity index (χ3v) is 3.46. The largest absolute Gasteiger partial charge is 0.474 e. The van der Waals surface area contributed by atoms with Gasteiger partial charge in [0.25, 0.3) is 5.91 Å². The number of rotatable bonds is 5. The van der Waals surface area contributed by atoms with E-state index in [-0.39, 0.29) is 12.0 Å². The van der Waals surface area contributed by atoms with Gasteiger partial charge in [-0.3, -0.25) is 4.79 Å². The summed E-state index contributed by atoms with van der Waals surface area (Å²) in [5.41, 5.74) is 0. The molecule has 20 heavy (non-hydrogen) atoms. The molecule has 0 aliphatic rings. The first kappa shape index (κ1) is 14.4. The molecule has 7 heteroatoms. The van der Waals surface area contributed by atoms with Crippen molar-refractivity contribution in [2.75, 3.05) is 5.32 Å². The van der Waals surface area contributed by atoms with E-state index in [0.29, 0.717) is 16.6 Å². The topological polar surface area (TPSA) is 77.0 Å². The second-order valence-corrected chi connectivity index (χ2v) is 5.46. The fourth-order valence-electron chi connectivity index (χ4n) is 1.45. The van der Waals surface area contributed by atoms with Gasteiger partial charge in [0.2, 0.25) is 5.88 Å². The van der Waals surface area contributed by atoms with Crippen molar-refractivity contribution in [2.45, 2.75) is 33.3 Å². The van der Waals surface area contributed by atoms with Crippen LogP contribution in [0, 0.1) is 0 Å². The lowest BCUT2D eigenvalue weighted by molar-refractivity contribution is 0.102. The molecule has 2 heterocycles.